The van der Waals surface area contributed by atoms with Gasteiger partial charge >= 0.3 is 5.97 Å². The van der Waals surface area contributed by atoms with Crippen LogP contribution in [0.1, 0.15) is 38.5 Å². The number of hydrogen-bond acceptors (Lipinski definition) is 2. The van der Waals surface area contributed by atoms with E-state index in [-0.39, 0.29) is 12.5 Å². The summed E-state index contributed by atoms with van der Waals surface area (Å²) in [7, 11) is 0. The fraction of sp³-hybridized carbons (Fsp3) is 0.889. The van der Waals surface area contributed by atoms with Crippen molar-refractivity contribution in [1.29, 1.82) is 0 Å². The second-order valence-corrected chi connectivity index (χ2v) is 3.73. The van der Waals surface area contributed by atoms with Gasteiger partial charge < -0.3 is 10.8 Å². The van der Waals surface area contributed by atoms with Crippen molar-refractivity contribution in [2.45, 2.75) is 44.6 Å². The number of carboxylic acid groups (broad SMARTS) is 1. The van der Waals surface area contributed by atoms with Gasteiger partial charge in [0.25, 0.3) is 0 Å². The maximum Gasteiger partial charge on any atom is 0.303 e. The van der Waals surface area contributed by atoms with Crippen LogP contribution in [0.3, 0.4) is 0 Å². The number of rotatable bonds is 5. The molecule has 0 aromatic carbocycles. The zero-order valence-corrected chi connectivity index (χ0v) is 7.33. The second kappa shape index (κ2) is 4.45. The normalized spacial score (nSPS) is 20.1. The highest BCUT2D eigenvalue weighted by Crippen LogP contribution is 2.30. The standard InChI is InChI=1S/C9H17NO2/c10-8(4-5-9(11)12)6-7-2-1-3-7/h7-8H,1-6,10H2,(H,11,12). The summed E-state index contributed by atoms with van der Waals surface area (Å²) in [5.74, 6) is 0.0489. The van der Waals surface area contributed by atoms with E-state index in [4.69, 9.17) is 10.8 Å². The Hall–Kier alpha value is -0.570. The molecular weight excluding hydrogens is 154 g/mol. The first-order valence-corrected chi connectivity index (χ1v) is 4.66. The highest BCUT2D eigenvalue weighted by Gasteiger charge is 2.20. The molecule has 0 spiro atoms. The van der Waals surface area contributed by atoms with E-state index in [0.29, 0.717) is 6.42 Å². The summed E-state index contributed by atoms with van der Waals surface area (Å²) < 4.78 is 0. The average Bonchev–Trinajstić information content (AvgIpc) is 1.93. The van der Waals surface area contributed by atoms with Crippen LogP contribution in [0.5, 0.6) is 0 Å². The monoisotopic (exact) mass is 171 g/mol. The van der Waals surface area contributed by atoms with Crippen LogP contribution in [0, 0.1) is 5.92 Å². The molecule has 3 heteroatoms. The maximum absolute atomic E-state index is 10.2. The van der Waals surface area contributed by atoms with Crippen molar-refractivity contribution in [2.24, 2.45) is 11.7 Å². The Morgan fingerprint density at radius 1 is 1.58 bits per heavy atom. The summed E-state index contributed by atoms with van der Waals surface area (Å²) >= 11 is 0. The molecule has 0 radical (unpaired) electrons. The van der Waals surface area contributed by atoms with Gasteiger partial charge in [-0.25, -0.2) is 0 Å². The Balaban J connectivity index is 2.02. The Morgan fingerprint density at radius 3 is 2.67 bits per heavy atom. The fourth-order valence-corrected chi connectivity index (χ4v) is 1.58. The number of carboxylic acids is 1. The van der Waals surface area contributed by atoms with Crippen LogP contribution >= 0.6 is 0 Å². The van der Waals surface area contributed by atoms with Crippen LogP contribution in [-0.2, 0) is 4.79 Å². The zero-order chi connectivity index (χ0) is 8.97. The summed E-state index contributed by atoms with van der Waals surface area (Å²) in [6.07, 6.45) is 5.78. The van der Waals surface area contributed by atoms with E-state index in [1.807, 2.05) is 0 Å². The van der Waals surface area contributed by atoms with Crippen LogP contribution in [0.15, 0.2) is 0 Å². The summed E-state index contributed by atoms with van der Waals surface area (Å²) in [6.45, 7) is 0. The molecule has 70 valence electrons. The van der Waals surface area contributed by atoms with Crippen molar-refractivity contribution in [3.8, 4) is 0 Å². The lowest BCUT2D eigenvalue weighted by atomic mass is 9.80. The highest BCUT2D eigenvalue weighted by atomic mass is 16.4. The molecule has 0 bridgehead atoms. The molecule has 0 aromatic heterocycles. The van der Waals surface area contributed by atoms with Crippen LogP contribution in [0.25, 0.3) is 0 Å². The van der Waals surface area contributed by atoms with Gasteiger partial charge in [0.15, 0.2) is 0 Å². The molecule has 1 aliphatic rings. The molecule has 3 nitrogen and oxygen atoms in total. The molecule has 1 atom stereocenters. The van der Waals surface area contributed by atoms with Crippen LogP contribution in [0.2, 0.25) is 0 Å². The van der Waals surface area contributed by atoms with Gasteiger partial charge in [-0.05, 0) is 18.8 Å². The van der Waals surface area contributed by atoms with Crippen LogP contribution in [0.4, 0.5) is 0 Å². The van der Waals surface area contributed by atoms with Crippen LogP contribution < -0.4 is 5.73 Å². The predicted octanol–water partition coefficient (Wildman–Crippen LogP) is 1.37. The lowest BCUT2D eigenvalue weighted by molar-refractivity contribution is -0.137. The molecule has 1 saturated carbocycles. The maximum atomic E-state index is 10.2. The molecule has 1 fully saturated rings. The Kier molecular flexibility index (Phi) is 3.53. The number of aliphatic carboxylic acids is 1. The molecule has 3 N–H and O–H groups in total. The minimum atomic E-state index is -0.737. The Morgan fingerprint density at radius 2 is 2.25 bits per heavy atom. The lowest BCUT2D eigenvalue weighted by Crippen LogP contribution is -2.27. The van der Waals surface area contributed by atoms with Crippen molar-refractivity contribution in [3.05, 3.63) is 0 Å². The molecule has 12 heavy (non-hydrogen) atoms. The lowest BCUT2D eigenvalue weighted by Gasteiger charge is -2.27. The van der Waals surface area contributed by atoms with E-state index in [1.54, 1.807) is 0 Å². The third-order valence-electron chi connectivity index (χ3n) is 2.59. The van der Waals surface area contributed by atoms with Crippen molar-refractivity contribution < 1.29 is 9.90 Å². The minimum Gasteiger partial charge on any atom is -0.481 e. The van der Waals surface area contributed by atoms with Gasteiger partial charge in [0.05, 0.1) is 0 Å². The Labute approximate surface area is 72.9 Å². The molecule has 0 aliphatic heterocycles. The first-order valence-electron chi connectivity index (χ1n) is 4.66. The quantitative estimate of drug-likeness (QED) is 0.656. The minimum absolute atomic E-state index is 0.103. The SMILES string of the molecule is NC(CCC(=O)O)CC1CCC1. The second-order valence-electron chi connectivity index (χ2n) is 3.73. The van der Waals surface area contributed by atoms with Gasteiger partial charge in [-0.15, -0.1) is 0 Å². The smallest absolute Gasteiger partial charge is 0.303 e. The van der Waals surface area contributed by atoms with E-state index in [2.05, 4.69) is 0 Å². The van der Waals surface area contributed by atoms with Gasteiger partial charge in [0, 0.05) is 12.5 Å². The molecule has 0 aromatic rings. The topological polar surface area (TPSA) is 63.3 Å². The van der Waals surface area contributed by atoms with Crippen molar-refractivity contribution in [1.82, 2.24) is 0 Å². The summed E-state index contributed by atoms with van der Waals surface area (Å²) in [4.78, 5) is 10.2. The third-order valence-corrected chi connectivity index (χ3v) is 2.59. The van der Waals surface area contributed by atoms with Crippen molar-refractivity contribution in [3.63, 3.8) is 0 Å². The molecule has 1 rings (SSSR count). The summed E-state index contributed by atoms with van der Waals surface area (Å²) in [6, 6.07) is 0.103. The number of hydrogen-bond donors (Lipinski definition) is 2. The van der Waals surface area contributed by atoms with E-state index >= 15 is 0 Å². The van der Waals surface area contributed by atoms with Gasteiger partial charge in [0.1, 0.15) is 0 Å². The van der Waals surface area contributed by atoms with Gasteiger partial charge in [0.2, 0.25) is 0 Å². The van der Waals surface area contributed by atoms with E-state index in [1.165, 1.54) is 19.3 Å². The van der Waals surface area contributed by atoms with E-state index in [9.17, 15) is 4.79 Å². The molecule has 1 aliphatic carbocycles. The first kappa shape index (κ1) is 9.52. The fourth-order valence-electron chi connectivity index (χ4n) is 1.58. The number of nitrogens with two attached hydrogens (primary N) is 1. The molecule has 0 amide bonds. The predicted molar refractivity (Wildman–Crippen MR) is 46.8 cm³/mol. The van der Waals surface area contributed by atoms with Gasteiger partial charge in [-0.3, -0.25) is 4.79 Å². The molecule has 1 unspecified atom stereocenters. The first-order chi connectivity index (χ1) is 5.68. The average molecular weight is 171 g/mol. The van der Waals surface area contributed by atoms with Gasteiger partial charge in [-0.2, -0.15) is 0 Å². The molecule has 0 saturated heterocycles. The Bertz CT molecular complexity index is 155. The van der Waals surface area contributed by atoms with E-state index < -0.39 is 5.97 Å². The summed E-state index contributed by atoms with van der Waals surface area (Å²) in [5, 5.41) is 8.41. The van der Waals surface area contributed by atoms with Crippen molar-refractivity contribution in [2.75, 3.05) is 0 Å². The summed E-state index contributed by atoms with van der Waals surface area (Å²) in [5.41, 5.74) is 5.77. The third kappa shape index (κ3) is 3.22. The van der Waals surface area contributed by atoms with Gasteiger partial charge in [-0.1, -0.05) is 19.3 Å². The largest absolute Gasteiger partial charge is 0.481 e. The van der Waals surface area contributed by atoms with E-state index in [0.717, 1.165) is 12.3 Å². The molecular formula is C9H17NO2. The van der Waals surface area contributed by atoms with Crippen molar-refractivity contribution >= 4 is 5.97 Å². The molecule has 0 heterocycles. The van der Waals surface area contributed by atoms with Crippen LogP contribution in [-0.4, -0.2) is 17.1 Å². The zero-order valence-electron chi connectivity index (χ0n) is 7.33. The highest BCUT2D eigenvalue weighted by molar-refractivity contribution is 5.66. The number of carbonyl (C=O) groups is 1.